The first-order valence-electron chi connectivity index (χ1n) is 16.9. The van der Waals surface area contributed by atoms with Gasteiger partial charge in [-0.1, -0.05) is 140 Å². The van der Waals surface area contributed by atoms with Crippen LogP contribution in [0.5, 0.6) is 0 Å². The van der Waals surface area contributed by atoms with Gasteiger partial charge in [0.05, 0.1) is 0 Å². The van der Waals surface area contributed by atoms with E-state index >= 15 is 0 Å². The Bertz CT molecular complexity index is 1730. The Morgan fingerprint density at radius 1 is 0.562 bits per heavy atom. The molecule has 6 aromatic carbocycles. The zero-order valence-electron chi connectivity index (χ0n) is 30.6. The summed E-state index contributed by atoms with van der Waals surface area (Å²) in [7, 11) is 11.0. The van der Waals surface area contributed by atoms with E-state index in [-0.39, 0.29) is 10.8 Å². The molecule has 0 fully saturated rings. The van der Waals surface area contributed by atoms with Crippen molar-refractivity contribution in [2.75, 3.05) is 0 Å². The van der Waals surface area contributed by atoms with Gasteiger partial charge in [0.1, 0.15) is 0 Å². The van der Waals surface area contributed by atoms with Crippen LogP contribution in [0.15, 0.2) is 109 Å². The standard InChI is InChI=1S/2C21H23.C2H6Si.2ClH.Zr/c2*1-5-15-12-16-9-7-11-19(20(16)13-15)17-8-6-10-18(14-17)21(2,3)4;1-3-2;;;/h2*6-14H,5H2,1-4H3;1-2H3;2*1H;/q2*-1;;;;+4/p-2. The van der Waals surface area contributed by atoms with E-state index < -0.39 is 20.8 Å². The van der Waals surface area contributed by atoms with Crippen molar-refractivity contribution in [1.82, 2.24) is 0 Å². The Kier molecular flexibility index (Phi) is 15.7. The van der Waals surface area contributed by atoms with Crippen LogP contribution in [-0.4, -0.2) is 9.52 Å². The predicted octanol–water partition coefficient (Wildman–Crippen LogP) is 14.3. The molecule has 0 heterocycles. The maximum atomic E-state index is 4.93. The first-order chi connectivity index (χ1) is 22.8. The zero-order valence-corrected chi connectivity index (χ0v) is 35.5. The molecule has 0 atom stereocenters. The molecule has 0 bridgehead atoms. The SMILES string of the molecule is CCc1cc2c(-c3cccc(C(C)(C)C)c3)cccc2[cH-]1.CCc1cc2c(-c3cccc(C(C)(C)C)c3)cccc2[cH-]1.C[Si]C.[Cl][Zr+2][Cl]. The molecule has 2 radical (unpaired) electrons. The monoisotopic (exact) mass is 768 g/mol. The third-order valence-electron chi connectivity index (χ3n) is 8.52. The van der Waals surface area contributed by atoms with Crippen LogP contribution < -0.4 is 0 Å². The number of halogens is 2. The van der Waals surface area contributed by atoms with Gasteiger partial charge in [-0.3, -0.25) is 0 Å². The number of hydrogen-bond acceptors (Lipinski definition) is 0. The Labute approximate surface area is 312 Å². The van der Waals surface area contributed by atoms with Crippen LogP contribution >= 0.6 is 17.0 Å². The molecule has 0 N–H and O–H groups in total. The van der Waals surface area contributed by atoms with E-state index in [1.807, 2.05) is 0 Å². The quantitative estimate of drug-likeness (QED) is 0.124. The van der Waals surface area contributed by atoms with Crippen molar-refractivity contribution in [2.24, 2.45) is 0 Å². The molecule has 0 amide bonds. The summed E-state index contributed by atoms with van der Waals surface area (Å²) in [5.74, 6) is 0. The summed E-state index contributed by atoms with van der Waals surface area (Å²) in [4.78, 5) is 0. The summed E-state index contributed by atoms with van der Waals surface area (Å²) in [5.41, 5.74) is 11.3. The molecule has 0 aliphatic heterocycles. The van der Waals surface area contributed by atoms with Gasteiger partial charge in [-0.2, -0.15) is 12.1 Å². The molecule has 0 aliphatic rings. The van der Waals surface area contributed by atoms with Crippen LogP contribution in [0, 0.1) is 0 Å². The van der Waals surface area contributed by atoms with Crippen LogP contribution in [0.25, 0.3) is 43.8 Å². The second-order valence-corrected chi connectivity index (χ2v) is 19.0. The van der Waals surface area contributed by atoms with Gasteiger partial charge in [0.25, 0.3) is 0 Å². The average Bonchev–Trinajstić information content (AvgIpc) is 3.69. The van der Waals surface area contributed by atoms with Gasteiger partial charge < -0.3 is 0 Å². The average molecular weight is 771 g/mol. The van der Waals surface area contributed by atoms with Crippen LogP contribution in [-0.2, 0) is 44.5 Å². The fraction of sp³-hybridized carbons (Fsp3) is 0.318. The van der Waals surface area contributed by atoms with E-state index in [2.05, 4.69) is 178 Å². The maximum absolute atomic E-state index is 4.93. The fourth-order valence-electron chi connectivity index (χ4n) is 5.81. The number of aryl methyl sites for hydroxylation is 2. The summed E-state index contributed by atoms with van der Waals surface area (Å²) in [6, 6.07) is 40.5. The summed E-state index contributed by atoms with van der Waals surface area (Å²) in [6.07, 6.45) is 2.19. The minimum atomic E-state index is -0.826. The van der Waals surface area contributed by atoms with Crippen molar-refractivity contribution in [1.29, 1.82) is 0 Å². The Morgan fingerprint density at radius 3 is 1.21 bits per heavy atom. The van der Waals surface area contributed by atoms with Crippen molar-refractivity contribution in [3.05, 3.63) is 131 Å². The Balaban J connectivity index is 0.000000224. The molecule has 4 heteroatoms. The molecule has 0 saturated heterocycles. The van der Waals surface area contributed by atoms with Gasteiger partial charge in [-0.25, -0.2) is 0 Å². The van der Waals surface area contributed by atoms with Gasteiger partial charge in [0.2, 0.25) is 0 Å². The first kappa shape index (κ1) is 40.2. The normalized spacial score (nSPS) is 11.1. The number of rotatable bonds is 4. The molecule has 48 heavy (non-hydrogen) atoms. The van der Waals surface area contributed by atoms with Gasteiger partial charge >= 0.3 is 37.9 Å². The molecule has 0 aliphatic carbocycles. The molecular formula is C44H52Cl2SiZr. The van der Waals surface area contributed by atoms with Crippen LogP contribution in [0.3, 0.4) is 0 Å². The van der Waals surface area contributed by atoms with E-state index in [0.717, 1.165) is 22.4 Å². The first-order valence-corrected chi connectivity index (χ1v) is 25.3. The Hall–Kier alpha value is -2.22. The van der Waals surface area contributed by atoms with Gasteiger partial charge in [0.15, 0.2) is 0 Å². The van der Waals surface area contributed by atoms with Crippen molar-refractivity contribution >= 4 is 48.1 Å². The topological polar surface area (TPSA) is 0 Å². The molecule has 250 valence electrons. The van der Waals surface area contributed by atoms with E-state index in [1.54, 1.807) is 0 Å². The van der Waals surface area contributed by atoms with Crippen LogP contribution in [0.4, 0.5) is 0 Å². The van der Waals surface area contributed by atoms with Crippen molar-refractivity contribution < 1.29 is 20.8 Å². The second kappa shape index (κ2) is 18.7. The van der Waals surface area contributed by atoms with Crippen molar-refractivity contribution in [2.45, 2.75) is 92.2 Å². The number of fused-ring (bicyclic) bond motifs is 2. The molecule has 6 aromatic rings. The summed E-state index contributed by atoms with van der Waals surface area (Å²) in [5, 5.41) is 5.46. The third-order valence-corrected chi connectivity index (χ3v) is 8.52. The van der Waals surface area contributed by atoms with E-state index in [9.17, 15) is 0 Å². The molecule has 0 spiro atoms. The molecular weight excluding hydrogens is 719 g/mol. The van der Waals surface area contributed by atoms with Crippen molar-refractivity contribution in [3.8, 4) is 22.3 Å². The molecule has 0 unspecified atom stereocenters. The second-order valence-electron chi connectivity index (χ2n) is 14.3. The molecule has 0 saturated carbocycles. The third kappa shape index (κ3) is 10.9. The number of hydrogen-bond donors (Lipinski definition) is 0. The minimum absolute atomic E-state index is 0.185. The fourth-order valence-corrected chi connectivity index (χ4v) is 5.81. The Morgan fingerprint density at radius 2 is 0.896 bits per heavy atom. The zero-order chi connectivity index (χ0) is 35.5. The van der Waals surface area contributed by atoms with Crippen LogP contribution in [0.2, 0.25) is 13.1 Å². The predicted molar refractivity (Wildman–Crippen MR) is 215 cm³/mol. The molecule has 6 rings (SSSR count). The number of benzene rings is 4. The van der Waals surface area contributed by atoms with Gasteiger partial charge in [-0.05, 0) is 45.9 Å². The molecule has 0 nitrogen and oxygen atoms in total. The van der Waals surface area contributed by atoms with E-state index in [0.29, 0.717) is 0 Å². The summed E-state index contributed by atoms with van der Waals surface area (Å²) in [6.45, 7) is 22.3. The van der Waals surface area contributed by atoms with Crippen molar-refractivity contribution in [3.63, 3.8) is 0 Å². The van der Waals surface area contributed by atoms with Gasteiger partial charge in [-0.15, -0.1) is 69.1 Å². The molecule has 0 aromatic heterocycles. The van der Waals surface area contributed by atoms with Crippen LogP contribution in [0.1, 0.15) is 77.6 Å². The summed E-state index contributed by atoms with van der Waals surface area (Å²) >= 11 is -0.826. The van der Waals surface area contributed by atoms with Gasteiger partial charge in [0, 0.05) is 9.52 Å². The summed E-state index contributed by atoms with van der Waals surface area (Å²) < 4.78 is 0. The van der Waals surface area contributed by atoms with E-state index in [4.69, 9.17) is 17.0 Å². The van der Waals surface area contributed by atoms with E-state index in [1.165, 1.54) is 66.1 Å².